The molecule has 1 heterocycles. The van der Waals surface area contributed by atoms with Crippen LogP contribution < -0.4 is 17.0 Å². The highest BCUT2D eigenvalue weighted by atomic mass is 35.5. The molecular weight excluding hydrogens is 314 g/mol. The van der Waals surface area contributed by atoms with E-state index in [1.165, 1.54) is 55.2 Å². The van der Waals surface area contributed by atoms with E-state index in [2.05, 4.69) is 74.1 Å². The number of hydrogen-bond donors (Lipinski definition) is 0. The summed E-state index contributed by atoms with van der Waals surface area (Å²) in [5, 5.41) is 0. The molecular formula is C22H32ClN. The lowest BCUT2D eigenvalue weighted by Crippen LogP contribution is -3.00. The largest absolute Gasteiger partial charge is 1.00 e. The minimum Gasteiger partial charge on any atom is -1.00 e. The van der Waals surface area contributed by atoms with Gasteiger partial charge in [-0.25, -0.2) is 4.57 Å². The van der Waals surface area contributed by atoms with Crippen LogP contribution >= 0.6 is 0 Å². The van der Waals surface area contributed by atoms with E-state index in [1.54, 1.807) is 0 Å². The van der Waals surface area contributed by atoms with E-state index >= 15 is 0 Å². The molecule has 0 spiro atoms. The van der Waals surface area contributed by atoms with Gasteiger partial charge in [0.25, 0.3) is 0 Å². The molecule has 2 aromatic rings. The molecule has 0 aliphatic carbocycles. The molecule has 132 valence electrons. The first-order valence-electron chi connectivity index (χ1n) is 9.27. The number of nitrogens with zero attached hydrogens (tertiary/aromatic N) is 1. The van der Waals surface area contributed by atoms with Crippen LogP contribution in [0.25, 0.3) is 0 Å². The number of aryl methyl sites for hydroxylation is 1. The Kier molecular flexibility index (Phi) is 9.71. The standard InChI is InChI=1S/C22H32N.ClH/c1-4-6-8-21(9-7-5-2)22-14-16-23(17-15-22)18-20-12-10-19(3)11-13-20;/h10-17,21H,4-9,18H2,1-3H3;1H/q+1;/p-1. The van der Waals surface area contributed by atoms with Crippen LogP contribution in [-0.4, -0.2) is 0 Å². The average Bonchev–Trinajstić information content (AvgIpc) is 2.58. The second kappa shape index (κ2) is 11.3. The summed E-state index contributed by atoms with van der Waals surface area (Å²) >= 11 is 0. The number of benzene rings is 1. The smallest absolute Gasteiger partial charge is 0.173 e. The van der Waals surface area contributed by atoms with Crippen molar-refractivity contribution in [3.8, 4) is 0 Å². The van der Waals surface area contributed by atoms with Gasteiger partial charge in [-0.2, -0.15) is 0 Å². The monoisotopic (exact) mass is 345 g/mol. The van der Waals surface area contributed by atoms with Gasteiger partial charge in [-0.3, -0.25) is 0 Å². The molecule has 0 N–H and O–H groups in total. The number of hydrogen-bond acceptors (Lipinski definition) is 0. The normalized spacial score (nSPS) is 10.7. The van der Waals surface area contributed by atoms with Crippen molar-refractivity contribution in [3.63, 3.8) is 0 Å². The highest BCUT2D eigenvalue weighted by Gasteiger charge is 2.12. The van der Waals surface area contributed by atoms with Gasteiger partial charge in [-0.05, 0) is 31.2 Å². The molecule has 1 aromatic heterocycles. The van der Waals surface area contributed by atoms with E-state index < -0.39 is 0 Å². The topological polar surface area (TPSA) is 3.88 Å². The number of rotatable bonds is 9. The zero-order valence-corrected chi connectivity index (χ0v) is 16.2. The zero-order valence-electron chi connectivity index (χ0n) is 15.5. The van der Waals surface area contributed by atoms with Gasteiger partial charge in [-0.1, -0.05) is 69.4 Å². The van der Waals surface area contributed by atoms with Gasteiger partial charge >= 0.3 is 0 Å². The number of unbranched alkanes of at least 4 members (excludes halogenated alkanes) is 2. The van der Waals surface area contributed by atoms with Crippen molar-refractivity contribution in [2.45, 2.75) is 71.8 Å². The summed E-state index contributed by atoms with van der Waals surface area (Å²) in [6.07, 6.45) is 12.4. The van der Waals surface area contributed by atoms with Crippen LogP contribution in [0.5, 0.6) is 0 Å². The quantitative estimate of drug-likeness (QED) is 0.615. The summed E-state index contributed by atoms with van der Waals surface area (Å²) in [6.45, 7) is 7.67. The Morgan fingerprint density at radius 2 is 1.38 bits per heavy atom. The Balaban J connectivity index is 0.00000288. The first-order valence-corrected chi connectivity index (χ1v) is 9.27. The second-order valence-electron chi connectivity index (χ2n) is 6.77. The first kappa shape index (κ1) is 20.7. The first-order chi connectivity index (χ1) is 11.2. The summed E-state index contributed by atoms with van der Waals surface area (Å²) in [6, 6.07) is 13.5. The number of halogens is 1. The molecule has 0 saturated carbocycles. The highest BCUT2D eigenvalue weighted by molar-refractivity contribution is 5.20. The Bertz CT molecular complexity index is 552. The molecule has 1 nitrogen and oxygen atoms in total. The van der Waals surface area contributed by atoms with E-state index in [0.29, 0.717) is 0 Å². The number of pyridine rings is 1. The van der Waals surface area contributed by atoms with Crippen LogP contribution in [0.15, 0.2) is 48.8 Å². The summed E-state index contributed by atoms with van der Waals surface area (Å²) in [5.74, 6) is 0.740. The van der Waals surface area contributed by atoms with Crippen molar-refractivity contribution in [2.24, 2.45) is 0 Å². The predicted octanol–water partition coefficient (Wildman–Crippen LogP) is 2.80. The fourth-order valence-electron chi connectivity index (χ4n) is 3.13. The van der Waals surface area contributed by atoms with Gasteiger partial charge in [0, 0.05) is 17.7 Å². The van der Waals surface area contributed by atoms with Gasteiger partial charge in [-0.15, -0.1) is 0 Å². The molecule has 0 saturated heterocycles. The molecule has 0 aliphatic heterocycles. The third-order valence-electron chi connectivity index (χ3n) is 4.69. The zero-order chi connectivity index (χ0) is 16.5. The van der Waals surface area contributed by atoms with E-state index in [0.717, 1.165) is 12.5 Å². The van der Waals surface area contributed by atoms with Gasteiger partial charge < -0.3 is 12.4 Å². The molecule has 2 heteroatoms. The van der Waals surface area contributed by atoms with Gasteiger partial charge in [0.15, 0.2) is 18.9 Å². The SMILES string of the molecule is CCCCC(CCCC)c1cc[n+](Cc2ccc(C)cc2)cc1.[Cl-]. The van der Waals surface area contributed by atoms with Crippen LogP contribution in [0.4, 0.5) is 0 Å². The fourth-order valence-corrected chi connectivity index (χ4v) is 3.13. The van der Waals surface area contributed by atoms with E-state index in [9.17, 15) is 0 Å². The molecule has 0 radical (unpaired) electrons. The third-order valence-corrected chi connectivity index (χ3v) is 4.69. The van der Waals surface area contributed by atoms with Crippen LogP contribution in [0.2, 0.25) is 0 Å². The minimum atomic E-state index is 0. The molecule has 24 heavy (non-hydrogen) atoms. The summed E-state index contributed by atoms with van der Waals surface area (Å²) in [4.78, 5) is 0. The van der Waals surface area contributed by atoms with Gasteiger partial charge in [0.05, 0.1) is 0 Å². The third kappa shape index (κ3) is 6.65. The van der Waals surface area contributed by atoms with Crippen LogP contribution in [-0.2, 0) is 6.54 Å². The maximum Gasteiger partial charge on any atom is 0.173 e. The molecule has 2 rings (SSSR count). The van der Waals surface area contributed by atoms with Crippen molar-refractivity contribution in [1.29, 1.82) is 0 Å². The molecule has 0 fully saturated rings. The van der Waals surface area contributed by atoms with E-state index in [4.69, 9.17) is 0 Å². The Morgan fingerprint density at radius 1 is 0.833 bits per heavy atom. The lowest BCUT2D eigenvalue weighted by atomic mass is 9.89. The average molecular weight is 346 g/mol. The summed E-state index contributed by atoms with van der Waals surface area (Å²) in [5.41, 5.74) is 4.21. The van der Waals surface area contributed by atoms with Crippen molar-refractivity contribution < 1.29 is 17.0 Å². The highest BCUT2D eigenvalue weighted by Crippen LogP contribution is 2.26. The van der Waals surface area contributed by atoms with Gasteiger partial charge in [0.2, 0.25) is 0 Å². The second-order valence-corrected chi connectivity index (χ2v) is 6.77. The van der Waals surface area contributed by atoms with E-state index in [-0.39, 0.29) is 12.4 Å². The van der Waals surface area contributed by atoms with Crippen molar-refractivity contribution in [3.05, 3.63) is 65.5 Å². The predicted molar refractivity (Wildman–Crippen MR) is 98.7 cm³/mol. The summed E-state index contributed by atoms with van der Waals surface area (Å²) < 4.78 is 2.28. The molecule has 0 bridgehead atoms. The maximum absolute atomic E-state index is 2.34. The van der Waals surface area contributed by atoms with Crippen LogP contribution in [0, 0.1) is 6.92 Å². The lowest BCUT2D eigenvalue weighted by molar-refractivity contribution is -0.688. The minimum absolute atomic E-state index is 0. The Labute approximate surface area is 154 Å². The van der Waals surface area contributed by atoms with Crippen LogP contribution in [0.3, 0.4) is 0 Å². The Morgan fingerprint density at radius 3 is 1.88 bits per heavy atom. The van der Waals surface area contributed by atoms with E-state index in [1.807, 2.05) is 0 Å². The maximum atomic E-state index is 2.34. The van der Waals surface area contributed by atoms with Crippen molar-refractivity contribution >= 4 is 0 Å². The van der Waals surface area contributed by atoms with Crippen LogP contribution in [0.1, 0.15) is 75.0 Å². The molecule has 0 unspecified atom stereocenters. The molecule has 0 aliphatic rings. The fraction of sp³-hybridized carbons (Fsp3) is 0.500. The number of aromatic nitrogens is 1. The van der Waals surface area contributed by atoms with Crippen molar-refractivity contribution in [1.82, 2.24) is 0 Å². The summed E-state index contributed by atoms with van der Waals surface area (Å²) in [7, 11) is 0. The van der Waals surface area contributed by atoms with Crippen molar-refractivity contribution in [2.75, 3.05) is 0 Å². The molecule has 0 atom stereocenters. The molecule has 1 aromatic carbocycles. The van der Waals surface area contributed by atoms with Gasteiger partial charge in [0.1, 0.15) is 0 Å². The Hall–Kier alpha value is -1.34. The lowest BCUT2D eigenvalue weighted by Gasteiger charge is -2.16. The molecule has 0 amide bonds.